The van der Waals surface area contributed by atoms with E-state index in [2.05, 4.69) is 10.2 Å². The minimum Gasteiger partial charge on any atom is -0.491 e. The van der Waals surface area contributed by atoms with Crippen molar-refractivity contribution in [1.29, 1.82) is 0 Å². The van der Waals surface area contributed by atoms with Crippen LogP contribution in [0.3, 0.4) is 0 Å². The zero-order valence-electron chi connectivity index (χ0n) is 16.7. The van der Waals surface area contributed by atoms with Crippen molar-refractivity contribution in [1.82, 2.24) is 10.2 Å². The number of hydrogen-bond acceptors (Lipinski definition) is 4. The fourth-order valence-corrected chi connectivity index (χ4v) is 4.24. The molecular formula is C23H28N2O4. The van der Waals surface area contributed by atoms with Gasteiger partial charge in [0.15, 0.2) is 0 Å². The van der Waals surface area contributed by atoms with Crippen LogP contribution in [0.25, 0.3) is 10.8 Å². The normalized spacial score (nSPS) is 18.8. The van der Waals surface area contributed by atoms with Gasteiger partial charge in [-0.3, -0.25) is 9.69 Å². The summed E-state index contributed by atoms with van der Waals surface area (Å²) in [6.07, 6.45) is 5.47. The highest BCUT2D eigenvalue weighted by Crippen LogP contribution is 2.34. The molecule has 6 nitrogen and oxygen atoms in total. The molecule has 1 aliphatic carbocycles. The van der Waals surface area contributed by atoms with E-state index in [1.54, 1.807) is 6.07 Å². The van der Waals surface area contributed by atoms with Crippen molar-refractivity contribution >= 4 is 22.6 Å². The van der Waals surface area contributed by atoms with E-state index in [0.717, 1.165) is 36.8 Å². The minimum atomic E-state index is -1.15. The molecule has 1 aliphatic heterocycles. The average molecular weight is 396 g/mol. The van der Waals surface area contributed by atoms with Crippen LogP contribution in [0, 0.1) is 0 Å². The fraction of sp³-hybridized carbons (Fsp3) is 0.478. The van der Waals surface area contributed by atoms with Crippen LogP contribution in [0.15, 0.2) is 36.4 Å². The van der Waals surface area contributed by atoms with Gasteiger partial charge in [0.25, 0.3) is 5.91 Å². The van der Waals surface area contributed by atoms with E-state index in [-0.39, 0.29) is 5.91 Å². The maximum Gasteiger partial charge on any atom is 0.329 e. The number of fused-ring (bicyclic) bond motifs is 1. The molecule has 1 heterocycles. The molecule has 2 aromatic carbocycles. The Morgan fingerprint density at radius 2 is 1.79 bits per heavy atom. The van der Waals surface area contributed by atoms with Gasteiger partial charge in [0.1, 0.15) is 17.9 Å². The van der Waals surface area contributed by atoms with Gasteiger partial charge in [-0.15, -0.1) is 0 Å². The van der Waals surface area contributed by atoms with Crippen molar-refractivity contribution < 1.29 is 19.4 Å². The monoisotopic (exact) mass is 396 g/mol. The number of carbonyl (C=O) groups excluding carboxylic acids is 1. The van der Waals surface area contributed by atoms with E-state index in [4.69, 9.17) is 4.74 Å². The summed E-state index contributed by atoms with van der Waals surface area (Å²) in [5.41, 5.74) is -0.747. The number of likely N-dealkylation sites (tertiary alicyclic amines) is 1. The molecule has 2 fully saturated rings. The molecule has 0 atom stereocenters. The molecule has 0 bridgehead atoms. The van der Waals surface area contributed by atoms with E-state index < -0.39 is 11.5 Å². The van der Waals surface area contributed by atoms with E-state index in [9.17, 15) is 14.7 Å². The molecule has 1 saturated heterocycles. The minimum absolute atomic E-state index is 0.383. The third-order valence-corrected chi connectivity index (χ3v) is 6.20. The highest BCUT2D eigenvalue weighted by atomic mass is 16.5. The number of carboxylic acid groups (broad SMARTS) is 1. The summed E-state index contributed by atoms with van der Waals surface area (Å²) in [6.45, 7) is 3.50. The molecule has 6 heteroatoms. The van der Waals surface area contributed by atoms with Crippen LogP contribution in [-0.2, 0) is 4.79 Å². The van der Waals surface area contributed by atoms with Gasteiger partial charge in [0.05, 0.1) is 5.56 Å². The molecule has 4 rings (SSSR count). The van der Waals surface area contributed by atoms with Crippen LogP contribution in [-0.4, -0.2) is 53.7 Å². The number of rotatable bonds is 7. The first-order chi connectivity index (χ1) is 14.1. The highest BCUT2D eigenvalue weighted by molar-refractivity contribution is 6.05. The van der Waals surface area contributed by atoms with Crippen molar-refractivity contribution in [2.24, 2.45) is 0 Å². The lowest BCUT2D eigenvalue weighted by Gasteiger charge is -2.38. The first-order valence-corrected chi connectivity index (χ1v) is 10.5. The van der Waals surface area contributed by atoms with Crippen molar-refractivity contribution in [3.8, 4) is 5.75 Å². The quantitative estimate of drug-likeness (QED) is 0.750. The van der Waals surface area contributed by atoms with Crippen molar-refractivity contribution in [2.45, 2.75) is 44.1 Å². The summed E-state index contributed by atoms with van der Waals surface area (Å²) in [7, 11) is 0. The number of aliphatic carboxylic acids is 1. The van der Waals surface area contributed by atoms with Gasteiger partial charge >= 0.3 is 5.97 Å². The lowest BCUT2D eigenvalue weighted by atomic mass is 9.76. The van der Waals surface area contributed by atoms with Gasteiger partial charge < -0.3 is 15.2 Å². The molecule has 2 aromatic rings. The second-order valence-corrected chi connectivity index (χ2v) is 8.11. The summed E-state index contributed by atoms with van der Waals surface area (Å²) in [5, 5.41) is 14.2. The summed E-state index contributed by atoms with van der Waals surface area (Å²) >= 11 is 0. The summed E-state index contributed by atoms with van der Waals surface area (Å²) in [4.78, 5) is 27.1. The Hall–Kier alpha value is -2.60. The van der Waals surface area contributed by atoms with Crippen LogP contribution in [0.5, 0.6) is 5.75 Å². The standard InChI is InChI=1S/C23H28N2O4/c26-21(24-23(22(27)28)11-6-12-23)19-10-9-17-7-2-3-8-18(17)20(19)29-16-15-25-13-4-1-5-14-25/h2-3,7-10H,1,4-6,11-16H2,(H,24,26)(H,27,28). The Kier molecular flexibility index (Phi) is 5.72. The molecule has 1 saturated carbocycles. The van der Waals surface area contributed by atoms with Crippen LogP contribution in [0.4, 0.5) is 0 Å². The molecule has 0 aromatic heterocycles. The van der Waals surface area contributed by atoms with E-state index in [1.807, 2.05) is 30.3 Å². The molecule has 154 valence electrons. The van der Waals surface area contributed by atoms with Gasteiger partial charge in [0, 0.05) is 11.9 Å². The number of nitrogens with one attached hydrogen (secondary N) is 1. The number of carboxylic acids is 1. The molecule has 0 spiro atoms. The smallest absolute Gasteiger partial charge is 0.329 e. The first kappa shape index (κ1) is 19.7. The Balaban J connectivity index is 1.56. The summed E-state index contributed by atoms with van der Waals surface area (Å²) in [6, 6.07) is 11.4. The number of piperidine rings is 1. The van der Waals surface area contributed by atoms with E-state index in [1.165, 1.54) is 19.3 Å². The largest absolute Gasteiger partial charge is 0.491 e. The van der Waals surface area contributed by atoms with Gasteiger partial charge in [-0.05, 0) is 56.6 Å². The SMILES string of the molecule is O=C(NC1(C(=O)O)CCC1)c1ccc2ccccc2c1OCCN1CCCCC1. The van der Waals surface area contributed by atoms with Crippen LogP contribution < -0.4 is 10.1 Å². The highest BCUT2D eigenvalue weighted by Gasteiger charge is 2.46. The Labute approximate surface area is 170 Å². The topological polar surface area (TPSA) is 78.9 Å². The number of hydrogen-bond donors (Lipinski definition) is 2. The molecular weight excluding hydrogens is 368 g/mol. The Morgan fingerprint density at radius 1 is 1.03 bits per heavy atom. The summed E-state index contributed by atoms with van der Waals surface area (Å²) in [5.74, 6) is -0.811. The maximum atomic E-state index is 13.0. The maximum absolute atomic E-state index is 13.0. The Bertz CT molecular complexity index is 901. The fourth-order valence-electron chi connectivity index (χ4n) is 4.24. The third-order valence-electron chi connectivity index (χ3n) is 6.20. The molecule has 29 heavy (non-hydrogen) atoms. The van der Waals surface area contributed by atoms with Crippen molar-refractivity contribution in [3.63, 3.8) is 0 Å². The molecule has 0 unspecified atom stereocenters. The molecule has 2 aliphatic rings. The zero-order chi connectivity index (χ0) is 20.3. The van der Waals surface area contributed by atoms with Crippen LogP contribution >= 0.6 is 0 Å². The number of ether oxygens (including phenoxy) is 1. The first-order valence-electron chi connectivity index (χ1n) is 10.5. The number of benzene rings is 2. The number of nitrogens with zero attached hydrogens (tertiary/aromatic N) is 1. The van der Waals surface area contributed by atoms with Crippen molar-refractivity contribution in [2.75, 3.05) is 26.2 Å². The average Bonchev–Trinajstić information content (AvgIpc) is 2.71. The van der Waals surface area contributed by atoms with Gasteiger partial charge in [-0.1, -0.05) is 36.8 Å². The lowest BCUT2D eigenvalue weighted by molar-refractivity contribution is -0.148. The lowest BCUT2D eigenvalue weighted by Crippen LogP contribution is -2.59. The van der Waals surface area contributed by atoms with Crippen LogP contribution in [0.1, 0.15) is 48.9 Å². The summed E-state index contributed by atoms with van der Waals surface area (Å²) < 4.78 is 6.15. The second kappa shape index (κ2) is 8.41. The number of amides is 1. The molecule has 0 radical (unpaired) electrons. The Morgan fingerprint density at radius 3 is 2.48 bits per heavy atom. The zero-order valence-corrected chi connectivity index (χ0v) is 16.7. The van der Waals surface area contributed by atoms with E-state index in [0.29, 0.717) is 30.8 Å². The van der Waals surface area contributed by atoms with E-state index >= 15 is 0 Å². The third kappa shape index (κ3) is 4.08. The molecule has 2 N–H and O–H groups in total. The predicted molar refractivity (Wildman–Crippen MR) is 111 cm³/mol. The van der Waals surface area contributed by atoms with Gasteiger partial charge in [-0.2, -0.15) is 0 Å². The van der Waals surface area contributed by atoms with Gasteiger partial charge in [0.2, 0.25) is 0 Å². The second-order valence-electron chi connectivity index (χ2n) is 8.11. The molecule has 1 amide bonds. The van der Waals surface area contributed by atoms with Gasteiger partial charge in [-0.25, -0.2) is 4.79 Å². The van der Waals surface area contributed by atoms with Crippen LogP contribution in [0.2, 0.25) is 0 Å². The number of carbonyl (C=O) groups is 2. The predicted octanol–water partition coefficient (Wildman–Crippen LogP) is 3.44. The van der Waals surface area contributed by atoms with Crippen molar-refractivity contribution in [3.05, 3.63) is 42.0 Å².